The predicted octanol–water partition coefficient (Wildman–Crippen LogP) is 3.39. The molecular weight excluding hydrogens is 320 g/mol. The first-order valence-corrected chi connectivity index (χ1v) is 9.06. The summed E-state index contributed by atoms with van der Waals surface area (Å²) in [6.45, 7) is 2.00. The van der Waals surface area contributed by atoms with Gasteiger partial charge in [-0.2, -0.15) is 11.3 Å². The smallest absolute Gasteiger partial charge is 0.241 e. The summed E-state index contributed by atoms with van der Waals surface area (Å²) in [5.41, 5.74) is 1.88. The monoisotopic (exact) mass is 338 g/mol. The van der Waals surface area contributed by atoms with E-state index >= 15 is 0 Å². The first-order chi connectivity index (χ1) is 11.8. The SMILES string of the molecule is O=C(CNc1nc(-c2ccsc2)nc2ccccc12)N1CCCC1. The lowest BCUT2D eigenvalue weighted by Crippen LogP contribution is -2.33. The van der Waals surface area contributed by atoms with Gasteiger partial charge in [-0.25, -0.2) is 9.97 Å². The minimum atomic E-state index is 0.132. The van der Waals surface area contributed by atoms with Crippen LogP contribution in [0.4, 0.5) is 5.82 Å². The van der Waals surface area contributed by atoms with Crippen LogP contribution >= 0.6 is 11.3 Å². The van der Waals surface area contributed by atoms with Crippen LogP contribution in [0.25, 0.3) is 22.3 Å². The first-order valence-electron chi connectivity index (χ1n) is 8.12. The summed E-state index contributed by atoms with van der Waals surface area (Å²) in [6, 6.07) is 9.89. The zero-order valence-corrected chi connectivity index (χ0v) is 14.1. The van der Waals surface area contributed by atoms with Crippen LogP contribution in [-0.2, 0) is 4.79 Å². The van der Waals surface area contributed by atoms with Crippen molar-refractivity contribution in [2.75, 3.05) is 25.0 Å². The fourth-order valence-corrected chi connectivity index (χ4v) is 3.60. The van der Waals surface area contributed by atoms with Crippen molar-refractivity contribution in [1.29, 1.82) is 0 Å². The molecule has 0 saturated carbocycles. The number of para-hydroxylation sites is 1. The Morgan fingerprint density at radius 1 is 1.17 bits per heavy atom. The van der Waals surface area contributed by atoms with E-state index in [1.807, 2.05) is 46.0 Å². The molecule has 2 aromatic heterocycles. The van der Waals surface area contributed by atoms with E-state index in [0.29, 0.717) is 11.6 Å². The van der Waals surface area contributed by atoms with Crippen LogP contribution in [0, 0.1) is 0 Å². The van der Waals surface area contributed by atoms with Gasteiger partial charge in [0.1, 0.15) is 5.82 Å². The van der Waals surface area contributed by atoms with Crippen molar-refractivity contribution >= 4 is 34.0 Å². The molecule has 1 aromatic carbocycles. The zero-order valence-electron chi connectivity index (χ0n) is 13.2. The Morgan fingerprint density at radius 3 is 2.79 bits per heavy atom. The van der Waals surface area contributed by atoms with Gasteiger partial charge in [-0.05, 0) is 36.4 Å². The molecule has 1 saturated heterocycles. The number of hydrogen-bond acceptors (Lipinski definition) is 5. The van der Waals surface area contributed by atoms with Crippen molar-refractivity contribution in [1.82, 2.24) is 14.9 Å². The van der Waals surface area contributed by atoms with Crippen molar-refractivity contribution in [3.8, 4) is 11.4 Å². The topological polar surface area (TPSA) is 58.1 Å². The van der Waals surface area contributed by atoms with Crippen LogP contribution in [0.5, 0.6) is 0 Å². The Kier molecular flexibility index (Phi) is 4.13. The molecule has 1 N–H and O–H groups in total. The van der Waals surface area contributed by atoms with Crippen molar-refractivity contribution < 1.29 is 4.79 Å². The van der Waals surface area contributed by atoms with Crippen molar-refractivity contribution in [3.63, 3.8) is 0 Å². The Morgan fingerprint density at radius 2 is 2.00 bits per heavy atom. The minimum Gasteiger partial charge on any atom is -0.360 e. The van der Waals surface area contributed by atoms with E-state index < -0.39 is 0 Å². The predicted molar refractivity (Wildman–Crippen MR) is 97.2 cm³/mol. The number of nitrogens with zero attached hydrogens (tertiary/aromatic N) is 3. The van der Waals surface area contributed by atoms with Gasteiger partial charge in [-0.15, -0.1) is 0 Å². The molecule has 5 nitrogen and oxygen atoms in total. The Hall–Kier alpha value is -2.47. The number of carbonyl (C=O) groups excluding carboxylic acids is 1. The number of carbonyl (C=O) groups is 1. The van der Waals surface area contributed by atoms with E-state index in [9.17, 15) is 4.79 Å². The number of nitrogens with one attached hydrogen (secondary N) is 1. The maximum Gasteiger partial charge on any atom is 0.241 e. The van der Waals surface area contributed by atoms with E-state index in [-0.39, 0.29) is 12.5 Å². The molecule has 6 heteroatoms. The van der Waals surface area contributed by atoms with Gasteiger partial charge >= 0.3 is 0 Å². The van der Waals surface area contributed by atoms with Gasteiger partial charge in [0.25, 0.3) is 0 Å². The third-order valence-electron chi connectivity index (χ3n) is 4.25. The number of likely N-dealkylation sites (tertiary alicyclic amines) is 1. The summed E-state index contributed by atoms with van der Waals surface area (Å²) in [7, 11) is 0. The highest BCUT2D eigenvalue weighted by atomic mass is 32.1. The van der Waals surface area contributed by atoms with Crippen LogP contribution in [-0.4, -0.2) is 40.4 Å². The lowest BCUT2D eigenvalue weighted by molar-refractivity contribution is -0.128. The Bertz CT molecular complexity index is 857. The number of rotatable bonds is 4. The average molecular weight is 338 g/mol. The molecule has 1 aliphatic heterocycles. The standard InChI is InChI=1S/C18H18N4OS/c23-16(22-8-3-4-9-22)11-19-18-14-5-1-2-6-15(14)20-17(21-18)13-7-10-24-12-13/h1-2,5-7,10,12H,3-4,8-9,11H2,(H,19,20,21). The second kappa shape index (κ2) is 6.57. The summed E-state index contributed by atoms with van der Waals surface area (Å²) in [5.74, 6) is 1.53. The number of aromatic nitrogens is 2. The largest absolute Gasteiger partial charge is 0.360 e. The fraction of sp³-hybridized carbons (Fsp3) is 0.278. The maximum atomic E-state index is 12.3. The van der Waals surface area contributed by atoms with E-state index in [1.54, 1.807) is 11.3 Å². The lowest BCUT2D eigenvalue weighted by Gasteiger charge is -2.16. The van der Waals surface area contributed by atoms with Crippen molar-refractivity contribution in [2.24, 2.45) is 0 Å². The molecule has 0 unspecified atom stereocenters. The van der Waals surface area contributed by atoms with E-state index in [2.05, 4.69) is 15.3 Å². The summed E-state index contributed by atoms with van der Waals surface area (Å²) >= 11 is 1.62. The van der Waals surface area contributed by atoms with Crippen molar-refractivity contribution in [2.45, 2.75) is 12.8 Å². The summed E-state index contributed by atoms with van der Waals surface area (Å²) in [4.78, 5) is 23.5. The first kappa shape index (κ1) is 15.1. The maximum absolute atomic E-state index is 12.3. The van der Waals surface area contributed by atoms with E-state index in [4.69, 9.17) is 0 Å². The number of fused-ring (bicyclic) bond motifs is 1. The molecule has 1 fully saturated rings. The number of hydrogen-bond donors (Lipinski definition) is 1. The van der Waals surface area contributed by atoms with Crippen LogP contribution in [0.15, 0.2) is 41.1 Å². The van der Waals surface area contributed by atoms with E-state index in [0.717, 1.165) is 42.4 Å². The van der Waals surface area contributed by atoms with Crippen LogP contribution in [0.3, 0.4) is 0 Å². The van der Waals surface area contributed by atoms with Gasteiger partial charge in [0.2, 0.25) is 5.91 Å². The van der Waals surface area contributed by atoms with Gasteiger partial charge < -0.3 is 10.2 Å². The molecule has 0 atom stereocenters. The van der Waals surface area contributed by atoms with Gasteiger partial charge in [-0.3, -0.25) is 4.79 Å². The number of thiophene rings is 1. The Balaban J connectivity index is 1.64. The molecule has 0 aliphatic carbocycles. The second-order valence-electron chi connectivity index (χ2n) is 5.87. The van der Waals surface area contributed by atoms with Crippen LogP contribution in [0.1, 0.15) is 12.8 Å². The lowest BCUT2D eigenvalue weighted by atomic mass is 10.2. The number of amides is 1. The van der Waals surface area contributed by atoms with Gasteiger partial charge in [0, 0.05) is 29.4 Å². The summed E-state index contributed by atoms with van der Waals surface area (Å²) < 4.78 is 0. The molecule has 4 rings (SSSR count). The third kappa shape index (κ3) is 2.97. The molecule has 122 valence electrons. The Labute approximate surface area is 144 Å². The van der Waals surface area contributed by atoms with Crippen LogP contribution in [0.2, 0.25) is 0 Å². The highest BCUT2D eigenvalue weighted by Gasteiger charge is 2.18. The van der Waals surface area contributed by atoms with Gasteiger partial charge in [-0.1, -0.05) is 12.1 Å². The third-order valence-corrected chi connectivity index (χ3v) is 4.93. The summed E-state index contributed by atoms with van der Waals surface area (Å²) in [6.07, 6.45) is 2.20. The molecular formula is C18H18N4OS. The molecule has 24 heavy (non-hydrogen) atoms. The average Bonchev–Trinajstić information content (AvgIpc) is 3.32. The molecule has 3 aromatic rings. The minimum absolute atomic E-state index is 0.132. The molecule has 0 bridgehead atoms. The molecule has 0 spiro atoms. The second-order valence-corrected chi connectivity index (χ2v) is 6.65. The van der Waals surface area contributed by atoms with Gasteiger partial charge in [0.15, 0.2) is 5.82 Å². The summed E-state index contributed by atoms with van der Waals surface area (Å²) in [5, 5.41) is 8.21. The normalized spacial score (nSPS) is 14.2. The molecule has 3 heterocycles. The zero-order chi connectivity index (χ0) is 16.4. The van der Waals surface area contributed by atoms with Crippen LogP contribution < -0.4 is 5.32 Å². The van der Waals surface area contributed by atoms with Gasteiger partial charge in [0.05, 0.1) is 12.1 Å². The molecule has 1 amide bonds. The molecule has 1 aliphatic rings. The number of benzene rings is 1. The highest BCUT2D eigenvalue weighted by molar-refractivity contribution is 7.08. The van der Waals surface area contributed by atoms with E-state index in [1.165, 1.54) is 0 Å². The fourth-order valence-electron chi connectivity index (χ4n) is 2.97. The molecule has 0 radical (unpaired) electrons. The number of anilines is 1. The highest BCUT2D eigenvalue weighted by Crippen LogP contribution is 2.26. The van der Waals surface area contributed by atoms with Crippen molar-refractivity contribution in [3.05, 3.63) is 41.1 Å². The quantitative estimate of drug-likeness (QED) is 0.792.